The molecule has 2 heteroatoms. The van der Waals surface area contributed by atoms with E-state index in [1.807, 2.05) is 26.0 Å². The van der Waals surface area contributed by atoms with Crippen LogP contribution in [0.15, 0.2) is 30.3 Å². The minimum atomic E-state index is 0.430. The molecule has 136 valence electrons. The van der Waals surface area contributed by atoms with E-state index in [0.717, 1.165) is 29.9 Å². The van der Waals surface area contributed by atoms with E-state index in [1.165, 1.54) is 23.1 Å². The second-order valence-electron chi connectivity index (χ2n) is 7.43. The molecule has 0 bridgehead atoms. The summed E-state index contributed by atoms with van der Waals surface area (Å²) in [6.45, 7) is 13.6. The van der Waals surface area contributed by atoms with Crippen molar-refractivity contribution in [3.8, 4) is 11.5 Å². The lowest BCUT2D eigenvalue weighted by atomic mass is 9.96. The quantitative estimate of drug-likeness (QED) is 0.713. The Balaban J connectivity index is 0.000000181. The number of hydrogen-bond donors (Lipinski definition) is 1. The maximum atomic E-state index is 9.51. The molecule has 1 aliphatic heterocycles. The van der Waals surface area contributed by atoms with Crippen molar-refractivity contribution >= 4 is 0 Å². The van der Waals surface area contributed by atoms with Gasteiger partial charge in [-0.1, -0.05) is 52.0 Å². The third kappa shape index (κ3) is 4.78. The topological polar surface area (TPSA) is 29.5 Å². The van der Waals surface area contributed by atoms with E-state index in [-0.39, 0.29) is 0 Å². The summed E-state index contributed by atoms with van der Waals surface area (Å²) in [7, 11) is 0. The number of hydrogen-bond acceptors (Lipinski definition) is 2. The van der Waals surface area contributed by atoms with Crippen LogP contribution in [0, 0.1) is 13.8 Å². The molecule has 0 saturated carbocycles. The summed E-state index contributed by atoms with van der Waals surface area (Å²) >= 11 is 0. The number of phenolic OH excluding ortho intramolecular Hbond substituents is 1. The number of aromatic hydroxyl groups is 1. The normalized spacial score (nSPS) is 13.7. The van der Waals surface area contributed by atoms with Gasteiger partial charge in [0.2, 0.25) is 0 Å². The van der Waals surface area contributed by atoms with Crippen molar-refractivity contribution in [3.05, 3.63) is 58.1 Å². The van der Waals surface area contributed by atoms with E-state index in [9.17, 15) is 5.11 Å². The fourth-order valence-electron chi connectivity index (χ4n) is 3.07. The highest BCUT2D eigenvalue weighted by atomic mass is 16.5. The van der Waals surface area contributed by atoms with E-state index in [1.54, 1.807) is 0 Å². The number of fused-ring (bicyclic) bond motifs is 1. The Bertz CT molecular complexity index is 693. The first-order chi connectivity index (χ1) is 11.8. The van der Waals surface area contributed by atoms with Gasteiger partial charge in [-0.25, -0.2) is 0 Å². The van der Waals surface area contributed by atoms with Crippen molar-refractivity contribution < 1.29 is 9.84 Å². The molecule has 0 radical (unpaired) electrons. The first kappa shape index (κ1) is 19.4. The lowest BCUT2D eigenvalue weighted by Gasteiger charge is -2.10. The van der Waals surface area contributed by atoms with Crippen LogP contribution in [0.1, 0.15) is 73.8 Å². The predicted molar refractivity (Wildman–Crippen MR) is 106 cm³/mol. The Kier molecular flexibility index (Phi) is 6.52. The van der Waals surface area contributed by atoms with Crippen LogP contribution < -0.4 is 4.74 Å². The van der Waals surface area contributed by atoms with Gasteiger partial charge in [-0.2, -0.15) is 0 Å². The standard InChI is InChI=1S/C12H16O.C11H16O/c1-3-9(2)10-4-5-12-11(8-10)6-7-13-12;1-7(2)10-5-8(3)11(12)9(4)6-10/h4-5,8-9H,3,6-7H2,1-2H3;5-7,12H,1-4H3. The zero-order chi connectivity index (χ0) is 18.6. The molecule has 2 aromatic carbocycles. The van der Waals surface area contributed by atoms with Gasteiger partial charge in [0.25, 0.3) is 0 Å². The first-order valence-electron chi connectivity index (χ1n) is 9.39. The Morgan fingerprint density at radius 1 is 1.00 bits per heavy atom. The number of phenols is 1. The van der Waals surface area contributed by atoms with E-state index >= 15 is 0 Å². The van der Waals surface area contributed by atoms with Crippen LogP contribution in [0.5, 0.6) is 11.5 Å². The van der Waals surface area contributed by atoms with Crippen LogP contribution >= 0.6 is 0 Å². The fourth-order valence-corrected chi connectivity index (χ4v) is 3.07. The molecule has 2 aromatic rings. The molecule has 0 amide bonds. The lowest BCUT2D eigenvalue weighted by molar-refractivity contribution is 0.357. The molecule has 0 spiro atoms. The molecule has 0 aliphatic carbocycles. The molecule has 1 unspecified atom stereocenters. The van der Waals surface area contributed by atoms with Gasteiger partial charge in [0, 0.05) is 6.42 Å². The van der Waals surface area contributed by atoms with E-state index in [4.69, 9.17) is 4.74 Å². The predicted octanol–water partition coefficient (Wildman–Crippen LogP) is 6.27. The number of benzene rings is 2. The van der Waals surface area contributed by atoms with Crippen molar-refractivity contribution in [2.24, 2.45) is 0 Å². The third-order valence-electron chi connectivity index (χ3n) is 5.07. The van der Waals surface area contributed by atoms with Crippen LogP contribution in [0.3, 0.4) is 0 Å². The molecular weight excluding hydrogens is 308 g/mol. The summed E-state index contributed by atoms with van der Waals surface area (Å²) in [5.74, 6) is 2.72. The third-order valence-corrected chi connectivity index (χ3v) is 5.07. The van der Waals surface area contributed by atoms with Crippen LogP contribution in [0.2, 0.25) is 0 Å². The van der Waals surface area contributed by atoms with Crippen molar-refractivity contribution in [2.45, 2.75) is 66.2 Å². The molecule has 3 rings (SSSR count). The molecule has 1 heterocycles. The Morgan fingerprint density at radius 2 is 1.64 bits per heavy atom. The largest absolute Gasteiger partial charge is 0.507 e. The van der Waals surface area contributed by atoms with Gasteiger partial charge in [-0.05, 0) is 66.0 Å². The van der Waals surface area contributed by atoms with Gasteiger partial charge in [-0.3, -0.25) is 0 Å². The Hall–Kier alpha value is -1.96. The summed E-state index contributed by atoms with van der Waals surface area (Å²) in [4.78, 5) is 0. The van der Waals surface area contributed by atoms with Crippen molar-refractivity contribution in [2.75, 3.05) is 6.61 Å². The van der Waals surface area contributed by atoms with Crippen LogP contribution in [-0.2, 0) is 6.42 Å². The monoisotopic (exact) mass is 340 g/mol. The second kappa shape index (κ2) is 8.42. The SMILES string of the molecule is CCC(C)c1ccc2c(c1)CCO2.Cc1cc(C(C)C)cc(C)c1O. The van der Waals surface area contributed by atoms with Gasteiger partial charge >= 0.3 is 0 Å². The zero-order valence-electron chi connectivity index (χ0n) is 16.5. The van der Waals surface area contributed by atoms with Gasteiger partial charge in [0.05, 0.1) is 6.61 Å². The first-order valence-corrected chi connectivity index (χ1v) is 9.39. The summed E-state index contributed by atoms with van der Waals surface area (Å²) in [6, 6.07) is 10.7. The van der Waals surface area contributed by atoms with Gasteiger partial charge in [0.15, 0.2) is 0 Å². The van der Waals surface area contributed by atoms with Gasteiger partial charge in [0.1, 0.15) is 11.5 Å². The molecule has 1 aliphatic rings. The van der Waals surface area contributed by atoms with Gasteiger partial charge in [-0.15, -0.1) is 0 Å². The summed E-state index contributed by atoms with van der Waals surface area (Å²) in [5.41, 5.74) is 6.07. The average Bonchev–Trinajstić information content (AvgIpc) is 3.06. The summed E-state index contributed by atoms with van der Waals surface area (Å²) in [6.07, 6.45) is 2.29. The maximum absolute atomic E-state index is 9.51. The zero-order valence-corrected chi connectivity index (χ0v) is 16.5. The molecule has 0 fully saturated rings. The highest BCUT2D eigenvalue weighted by molar-refractivity contribution is 5.43. The minimum Gasteiger partial charge on any atom is -0.507 e. The smallest absolute Gasteiger partial charge is 0.122 e. The maximum Gasteiger partial charge on any atom is 0.122 e. The molecule has 0 saturated heterocycles. The average molecular weight is 341 g/mol. The number of rotatable bonds is 3. The van der Waals surface area contributed by atoms with E-state index in [2.05, 4.69) is 45.9 Å². The van der Waals surface area contributed by atoms with Crippen molar-refractivity contribution in [1.82, 2.24) is 0 Å². The molecule has 2 nitrogen and oxygen atoms in total. The van der Waals surface area contributed by atoms with Crippen molar-refractivity contribution in [3.63, 3.8) is 0 Å². The lowest BCUT2D eigenvalue weighted by Crippen LogP contribution is -1.91. The van der Waals surface area contributed by atoms with Crippen LogP contribution in [-0.4, -0.2) is 11.7 Å². The van der Waals surface area contributed by atoms with Gasteiger partial charge < -0.3 is 9.84 Å². The highest BCUT2D eigenvalue weighted by Gasteiger charge is 2.13. The second-order valence-corrected chi connectivity index (χ2v) is 7.43. The van der Waals surface area contributed by atoms with E-state index in [0.29, 0.717) is 17.6 Å². The molecular formula is C23H32O2. The van der Waals surface area contributed by atoms with Crippen molar-refractivity contribution in [1.29, 1.82) is 0 Å². The molecule has 0 aromatic heterocycles. The minimum absolute atomic E-state index is 0.430. The number of ether oxygens (including phenoxy) is 1. The summed E-state index contributed by atoms with van der Waals surface area (Å²) < 4.78 is 5.47. The molecule has 25 heavy (non-hydrogen) atoms. The molecule has 1 N–H and O–H groups in total. The highest BCUT2D eigenvalue weighted by Crippen LogP contribution is 2.29. The Labute approximate surface area is 152 Å². The van der Waals surface area contributed by atoms with Crippen LogP contribution in [0.25, 0.3) is 0 Å². The molecule has 1 atom stereocenters. The number of aryl methyl sites for hydroxylation is 2. The fraction of sp³-hybridized carbons (Fsp3) is 0.478. The Morgan fingerprint density at radius 3 is 2.20 bits per heavy atom. The van der Waals surface area contributed by atoms with Crippen LogP contribution in [0.4, 0.5) is 0 Å². The summed E-state index contributed by atoms with van der Waals surface area (Å²) in [5, 5.41) is 9.51. The van der Waals surface area contributed by atoms with E-state index < -0.39 is 0 Å².